The third kappa shape index (κ3) is 5.19. The van der Waals surface area contributed by atoms with Crippen LogP contribution in [0.5, 0.6) is 0 Å². The number of anilines is 2. The Labute approximate surface area is 194 Å². The zero-order chi connectivity index (χ0) is 23.3. The lowest BCUT2D eigenvalue weighted by molar-refractivity contribution is -0.141. The van der Waals surface area contributed by atoms with Gasteiger partial charge in [0.2, 0.25) is 11.8 Å². The number of nitrogens with zero attached hydrogens (tertiary/aromatic N) is 3. The quantitative estimate of drug-likeness (QED) is 0.509. The van der Waals surface area contributed by atoms with Crippen molar-refractivity contribution in [3.8, 4) is 0 Å². The van der Waals surface area contributed by atoms with E-state index < -0.39 is 5.41 Å². The first kappa shape index (κ1) is 23.2. The van der Waals surface area contributed by atoms with Gasteiger partial charge in [-0.15, -0.1) is 0 Å². The molecule has 2 aromatic heterocycles. The van der Waals surface area contributed by atoms with Crippen LogP contribution >= 0.6 is 0 Å². The molecule has 4 rings (SSSR count). The van der Waals surface area contributed by atoms with Crippen LogP contribution in [0.15, 0.2) is 24.3 Å². The summed E-state index contributed by atoms with van der Waals surface area (Å²) in [5.41, 5.74) is 0.751. The minimum absolute atomic E-state index is 0.123. The van der Waals surface area contributed by atoms with Crippen molar-refractivity contribution in [1.82, 2.24) is 25.4 Å². The molecule has 178 valence electrons. The van der Waals surface area contributed by atoms with Crippen LogP contribution in [0.4, 0.5) is 11.6 Å². The Hall–Kier alpha value is -2.94. The Kier molecular flexibility index (Phi) is 7.27. The molecule has 0 spiro atoms. The monoisotopic (exact) mass is 454 g/mol. The number of hydrogen-bond acceptors (Lipinski definition) is 6. The van der Waals surface area contributed by atoms with E-state index in [1.54, 1.807) is 0 Å². The number of nitrogens with one attached hydrogen (secondary N) is 3. The van der Waals surface area contributed by atoms with E-state index in [4.69, 9.17) is 4.98 Å². The van der Waals surface area contributed by atoms with Crippen LogP contribution < -0.4 is 10.6 Å². The average molecular weight is 455 g/mol. The van der Waals surface area contributed by atoms with Crippen molar-refractivity contribution in [2.45, 2.75) is 57.3 Å². The molecule has 33 heavy (non-hydrogen) atoms. The van der Waals surface area contributed by atoms with Gasteiger partial charge in [0.15, 0.2) is 5.82 Å². The number of carbonyl (C=O) groups is 2. The van der Waals surface area contributed by atoms with Crippen molar-refractivity contribution in [2.75, 3.05) is 31.6 Å². The van der Waals surface area contributed by atoms with Crippen LogP contribution in [0.2, 0.25) is 0 Å². The number of aromatic amines is 1. The second-order valence-corrected chi connectivity index (χ2v) is 9.19. The van der Waals surface area contributed by atoms with Crippen molar-refractivity contribution in [1.29, 1.82) is 0 Å². The summed E-state index contributed by atoms with van der Waals surface area (Å²) < 4.78 is 0. The molecule has 1 saturated heterocycles. The molecule has 1 aliphatic carbocycles. The van der Waals surface area contributed by atoms with Gasteiger partial charge in [-0.3, -0.25) is 14.7 Å². The Balaban J connectivity index is 1.54. The fourth-order valence-corrected chi connectivity index (χ4v) is 5.04. The molecule has 0 aromatic carbocycles. The van der Waals surface area contributed by atoms with Gasteiger partial charge in [0.25, 0.3) is 0 Å². The van der Waals surface area contributed by atoms with Crippen LogP contribution in [-0.4, -0.2) is 63.2 Å². The molecule has 0 atom stereocenters. The maximum absolute atomic E-state index is 13.3. The number of pyridine rings is 1. The van der Waals surface area contributed by atoms with Crippen molar-refractivity contribution < 1.29 is 14.7 Å². The molecule has 2 aromatic rings. The fraction of sp³-hybridized carbons (Fsp3) is 0.583. The summed E-state index contributed by atoms with van der Waals surface area (Å²) >= 11 is 0. The molecule has 2 aliphatic rings. The Morgan fingerprint density at radius 2 is 1.94 bits per heavy atom. The number of hydrogen-bond donors (Lipinski definition) is 4. The maximum Gasteiger partial charge on any atom is 0.232 e. The molecule has 3 heterocycles. The van der Waals surface area contributed by atoms with Crippen LogP contribution in [0, 0.1) is 12.8 Å². The molecule has 0 unspecified atom stereocenters. The van der Waals surface area contributed by atoms with Crippen molar-refractivity contribution in [3.63, 3.8) is 0 Å². The predicted molar refractivity (Wildman–Crippen MR) is 125 cm³/mol. The number of amides is 2. The van der Waals surface area contributed by atoms with Crippen molar-refractivity contribution in [2.24, 2.45) is 5.92 Å². The number of aliphatic hydroxyl groups is 1. The first-order valence-corrected chi connectivity index (χ1v) is 12.0. The van der Waals surface area contributed by atoms with E-state index >= 15 is 0 Å². The zero-order valence-corrected chi connectivity index (χ0v) is 19.3. The van der Waals surface area contributed by atoms with E-state index in [-0.39, 0.29) is 30.9 Å². The molecular formula is C24H34N6O3. The van der Waals surface area contributed by atoms with Crippen LogP contribution in [-0.2, 0) is 15.0 Å². The molecular weight excluding hydrogens is 420 g/mol. The van der Waals surface area contributed by atoms with E-state index in [0.717, 1.165) is 31.4 Å². The number of H-pyrrole nitrogens is 1. The van der Waals surface area contributed by atoms with Gasteiger partial charge in [-0.2, -0.15) is 5.10 Å². The minimum Gasteiger partial charge on any atom is -0.395 e. The summed E-state index contributed by atoms with van der Waals surface area (Å²) in [4.78, 5) is 33.1. The first-order valence-electron chi connectivity index (χ1n) is 12.0. The van der Waals surface area contributed by atoms with Gasteiger partial charge in [0.05, 0.1) is 17.7 Å². The van der Waals surface area contributed by atoms with Crippen molar-refractivity contribution in [3.05, 3.63) is 35.7 Å². The lowest BCUT2D eigenvalue weighted by Crippen LogP contribution is -2.54. The molecule has 0 bridgehead atoms. The van der Waals surface area contributed by atoms with E-state index in [1.165, 1.54) is 6.42 Å². The smallest absolute Gasteiger partial charge is 0.232 e. The first-order chi connectivity index (χ1) is 16.0. The van der Waals surface area contributed by atoms with E-state index in [1.807, 2.05) is 36.1 Å². The lowest BCUT2D eigenvalue weighted by Gasteiger charge is -2.41. The highest BCUT2D eigenvalue weighted by atomic mass is 16.3. The summed E-state index contributed by atoms with van der Waals surface area (Å²) in [5, 5.41) is 22.4. The van der Waals surface area contributed by atoms with Gasteiger partial charge in [0.1, 0.15) is 5.82 Å². The Morgan fingerprint density at radius 1 is 1.18 bits per heavy atom. The second-order valence-electron chi connectivity index (χ2n) is 9.19. The molecule has 2 fully saturated rings. The predicted octanol–water partition coefficient (Wildman–Crippen LogP) is 2.41. The molecule has 9 heteroatoms. The summed E-state index contributed by atoms with van der Waals surface area (Å²) in [6, 6.07) is 7.48. The van der Waals surface area contributed by atoms with Crippen molar-refractivity contribution >= 4 is 23.5 Å². The minimum atomic E-state index is -0.850. The third-order valence-electron chi connectivity index (χ3n) is 6.92. The molecule has 2 amide bonds. The van der Waals surface area contributed by atoms with Crippen LogP contribution in [0.25, 0.3) is 0 Å². The van der Waals surface area contributed by atoms with E-state index in [0.29, 0.717) is 43.3 Å². The van der Waals surface area contributed by atoms with E-state index in [2.05, 4.69) is 20.8 Å². The zero-order valence-electron chi connectivity index (χ0n) is 19.3. The summed E-state index contributed by atoms with van der Waals surface area (Å²) in [6.07, 6.45) is 6.40. The average Bonchev–Trinajstić information content (AvgIpc) is 3.27. The highest BCUT2D eigenvalue weighted by Crippen LogP contribution is 2.37. The molecule has 0 radical (unpaired) electrons. The molecule has 1 aliphatic heterocycles. The summed E-state index contributed by atoms with van der Waals surface area (Å²) in [6.45, 7) is 3.04. The second kappa shape index (κ2) is 10.3. The normalized spacial score (nSPS) is 18.7. The number of carbonyl (C=O) groups excluding carboxylic acids is 2. The van der Waals surface area contributed by atoms with Crippen LogP contribution in [0.1, 0.15) is 56.3 Å². The van der Waals surface area contributed by atoms with Gasteiger partial charge in [-0.1, -0.05) is 25.3 Å². The Morgan fingerprint density at radius 3 is 2.61 bits per heavy atom. The third-order valence-corrected chi connectivity index (χ3v) is 6.92. The van der Waals surface area contributed by atoms with Crippen LogP contribution in [0.3, 0.4) is 0 Å². The number of aromatic nitrogens is 3. The number of likely N-dealkylation sites (tertiary alicyclic amines) is 1. The Bertz CT molecular complexity index is 961. The number of aliphatic hydroxyl groups excluding tert-OH is 1. The molecule has 4 N–H and O–H groups in total. The highest BCUT2D eigenvalue weighted by molar-refractivity contribution is 5.88. The fourth-order valence-electron chi connectivity index (χ4n) is 5.04. The summed E-state index contributed by atoms with van der Waals surface area (Å²) in [7, 11) is 0. The maximum atomic E-state index is 13.3. The number of rotatable bonds is 7. The topological polar surface area (TPSA) is 123 Å². The highest BCUT2D eigenvalue weighted by Gasteiger charge is 2.45. The standard InChI is InChI=1S/C24H34N6O3/c1-17-16-21(29-28-17)27-20-9-5-8-19(26-20)24(23(33)25-12-15-31)10-13-30(14-11-24)22(32)18-6-3-2-4-7-18/h5,8-9,16,18,31H,2-4,6-7,10-15H2,1H3,(H,25,33)(H2,26,27,28,29). The van der Waals surface area contributed by atoms with Gasteiger partial charge < -0.3 is 20.6 Å². The molecule has 1 saturated carbocycles. The number of piperidine rings is 1. The largest absolute Gasteiger partial charge is 0.395 e. The van der Waals surface area contributed by atoms with E-state index in [9.17, 15) is 14.7 Å². The number of aryl methyl sites for hydroxylation is 1. The van der Waals surface area contributed by atoms with Gasteiger partial charge in [-0.25, -0.2) is 4.98 Å². The summed E-state index contributed by atoms with van der Waals surface area (Å²) in [5.74, 6) is 1.47. The van der Waals surface area contributed by atoms with Gasteiger partial charge in [0, 0.05) is 37.3 Å². The lowest BCUT2D eigenvalue weighted by atomic mass is 9.74. The SMILES string of the molecule is Cc1cc(Nc2cccc(C3(C(=O)NCCO)CCN(C(=O)C4CCCCC4)CC3)n2)n[nH]1. The van der Waals surface area contributed by atoms with Gasteiger partial charge >= 0.3 is 0 Å². The van der Waals surface area contributed by atoms with Gasteiger partial charge in [-0.05, 0) is 44.7 Å². The molecule has 9 nitrogen and oxygen atoms in total.